The first-order valence-corrected chi connectivity index (χ1v) is 8.71. The molecule has 0 aliphatic heterocycles. The van der Waals surface area contributed by atoms with Crippen LogP contribution in [0.2, 0.25) is 10.0 Å². The van der Waals surface area contributed by atoms with Gasteiger partial charge in [0.1, 0.15) is 5.82 Å². The monoisotopic (exact) mass is 391 g/mol. The van der Waals surface area contributed by atoms with Crippen molar-refractivity contribution < 1.29 is 4.39 Å². The molecule has 0 bridgehead atoms. The van der Waals surface area contributed by atoms with E-state index in [0.717, 1.165) is 5.56 Å². The first kappa shape index (κ1) is 16.2. The van der Waals surface area contributed by atoms with Gasteiger partial charge in [-0.05, 0) is 48.0 Å². The molecule has 4 rings (SSSR count). The third-order valence-electron chi connectivity index (χ3n) is 3.53. The van der Waals surface area contributed by atoms with Crippen LogP contribution in [0.5, 0.6) is 0 Å². The van der Waals surface area contributed by atoms with Crippen molar-refractivity contribution in [3.8, 4) is 11.4 Å². The Balaban J connectivity index is 1.80. The first-order valence-electron chi connectivity index (χ1n) is 7.13. The lowest BCUT2D eigenvalue weighted by molar-refractivity contribution is 0.628. The Bertz CT molecular complexity index is 1200. The van der Waals surface area contributed by atoms with Crippen LogP contribution in [0, 0.1) is 5.82 Å². The van der Waals surface area contributed by atoms with Crippen molar-refractivity contribution in [1.82, 2.24) is 14.6 Å². The molecule has 0 fully saturated rings. The van der Waals surface area contributed by atoms with E-state index >= 15 is 0 Å². The van der Waals surface area contributed by atoms with Gasteiger partial charge in [0, 0.05) is 5.56 Å². The molecule has 124 valence electrons. The van der Waals surface area contributed by atoms with Gasteiger partial charge in [0.25, 0.3) is 5.56 Å². The van der Waals surface area contributed by atoms with Gasteiger partial charge < -0.3 is 0 Å². The summed E-state index contributed by atoms with van der Waals surface area (Å²) in [5.74, 6) is 0.0391. The summed E-state index contributed by atoms with van der Waals surface area (Å²) in [4.78, 5) is 17.3. The molecule has 0 atom stereocenters. The van der Waals surface area contributed by atoms with Gasteiger partial charge in [0.15, 0.2) is 5.82 Å². The van der Waals surface area contributed by atoms with Gasteiger partial charge in [0.2, 0.25) is 4.96 Å². The summed E-state index contributed by atoms with van der Waals surface area (Å²) in [7, 11) is 0. The molecule has 4 nitrogen and oxygen atoms in total. The summed E-state index contributed by atoms with van der Waals surface area (Å²) >= 11 is 13.1. The molecular weight excluding hydrogens is 384 g/mol. The smallest absolute Gasteiger partial charge is 0.266 e. The highest BCUT2D eigenvalue weighted by Gasteiger charge is 2.12. The maximum absolute atomic E-state index is 13.0. The van der Waals surface area contributed by atoms with Crippen LogP contribution in [-0.4, -0.2) is 14.6 Å². The largest absolute Gasteiger partial charge is 0.291 e. The standard InChI is InChI=1S/C17H8Cl2FN3OS/c18-12-6-1-9(7-13(12)19)8-14-16(24)23-17(25-14)21-15(22-23)10-2-4-11(20)5-3-10/h1-8H/b14-8-. The molecule has 0 N–H and O–H groups in total. The van der Waals surface area contributed by atoms with Crippen LogP contribution in [0.15, 0.2) is 47.3 Å². The maximum atomic E-state index is 13.0. The molecule has 0 saturated carbocycles. The SMILES string of the molecule is O=c1/c(=C/c2ccc(Cl)c(Cl)c2)sc2nc(-c3ccc(F)cc3)nn12. The number of halogens is 3. The van der Waals surface area contributed by atoms with Crippen LogP contribution in [0.25, 0.3) is 22.4 Å². The van der Waals surface area contributed by atoms with Gasteiger partial charge in [0.05, 0.1) is 14.6 Å². The minimum absolute atomic E-state index is 0.271. The second-order valence-corrected chi connectivity index (χ2v) is 7.05. The van der Waals surface area contributed by atoms with Crippen molar-refractivity contribution in [2.24, 2.45) is 0 Å². The molecule has 4 aromatic rings. The molecule has 8 heteroatoms. The van der Waals surface area contributed by atoms with E-state index < -0.39 is 0 Å². The van der Waals surface area contributed by atoms with Gasteiger partial charge in [-0.2, -0.15) is 9.50 Å². The maximum Gasteiger partial charge on any atom is 0.291 e. The normalized spacial score (nSPS) is 12.2. The molecule has 0 aliphatic carbocycles. The fourth-order valence-corrected chi connectivity index (χ4v) is 3.52. The van der Waals surface area contributed by atoms with Crippen molar-refractivity contribution >= 4 is 45.6 Å². The molecule has 0 saturated heterocycles. The Morgan fingerprint density at radius 1 is 1.08 bits per heavy atom. The Morgan fingerprint density at radius 2 is 1.84 bits per heavy atom. The van der Waals surface area contributed by atoms with E-state index in [1.165, 1.54) is 28.0 Å². The summed E-state index contributed by atoms with van der Waals surface area (Å²) in [5, 5.41) is 5.09. The Hall–Kier alpha value is -2.28. The van der Waals surface area contributed by atoms with E-state index in [9.17, 15) is 9.18 Å². The van der Waals surface area contributed by atoms with E-state index in [1.807, 2.05) is 0 Å². The molecule has 2 aromatic heterocycles. The lowest BCUT2D eigenvalue weighted by Gasteiger charge is -1.96. The molecule has 25 heavy (non-hydrogen) atoms. The number of thiazole rings is 1. The number of rotatable bonds is 2. The Kier molecular flexibility index (Phi) is 4.03. The Labute approximate surface area is 154 Å². The van der Waals surface area contributed by atoms with Crippen LogP contribution < -0.4 is 10.1 Å². The van der Waals surface area contributed by atoms with Gasteiger partial charge in [-0.15, -0.1) is 5.10 Å². The highest BCUT2D eigenvalue weighted by atomic mass is 35.5. The highest BCUT2D eigenvalue weighted by molar-refractivity contribution is 7.15. The lowest BCUT2D eigenvalue weighted by Crippen LogP contribution is -2.23. The molecule has 2 heterocycles. The van der Waals surface area contributed by atoms with Crippen molar-refractivity contribution in [2.45, 2.75) is 0 Å². The van der Waals surface area contributed by atoms with Crippen molar-refractivity contribution in [1.29, 1.82) is 0 Å². The molecule has 0 aliphatic rings. The van der Waals surface area contributed by atoms with Crippen LogP contribution in [0.1, 0.15) is 5.56 Å². The summed E-state index contributed by atoms with van der Waals surface area (Å²) in [5.41, 5.74) is 1.13. The second-order valence-electron chi connectivity index (χ2n) is 5.23. The van der Waals surface area contributed by atoms with Crippen molar-refractivity contribution in [3.63, 3.8) is 0 Å². The third kappa shape index (κ3) is 3.04. The number of aromatic nitrogens is 3. The van der Waals surface area contributed by atoms with Gasteiger partial charge in [-0.1, -0.05) is 40.6 Å². The fourth-order valence-electron chi connectivity index (χ4n) is 2.31. The average molecular weight is 392 g/mol. The zero-order chi connectivity index (χ0) is 17.6. The van der Waals surface area contributed by atoms with Crippen LogP contribution in [0.4, 0.5) is 4.39 Å². The van der Waals surface area contributed by atoms with Crippen molar-refractivity contribution in [3.05, 3.63) is 78.8 Å². The predicted octanol–water partition coefficient (Wildman–Crippen LogP) is 3.81. The summed E-state index contributed by atoms with van der Waals surface area (Å²) in [6, 6.07) is 10.9. The van der Waals surface area contributed by atoms with Crippen molar-refractivity contribution in [2.75, 3.05) is 0 Å². The summed E-state index contributed by atoms with van der Waals surface area (Å²) in [6.45, 7) is 0. The third-order valence-corrected chi connectivity index (χ3v) is 5.22. The van der Waals surface area contributed by atoms with Crippen LogP contribution in [-0.2, 0) is 0 Å². The Morgan fingerprint density at radius 3 is 2.52 bits per heavy atom. The molecular formula is C17H8Cl2FN3OS. The molecule has 0 amide bonds. The molecule has 0 radical (unpaired) electrons. The quantitative estimate of drug-likeness (QED) is 0.521. The molecule has 0 spiro atoms. The average Bonchev–Trinajstić information content (AvgIpc) is 3.12. The van der Waals surface area contributed by atoms with Crippen LogP contribution >= 0.6 is 34.5 Å². The number of hydrogen-bond donors (Lipinski definition) is 0. The minimum Gasteiger partial charge on any atom is -0.266 e. The number of nitrogens with zero attached hydrogens (tertiary/aromatic N) is 3. The number of hydrogen-bond acceptors (Lipinski definition) is 4. The topological polar surface area (TPSA) is 47.3 Å². The molecule has 2 aromatic carbocycles. The number of fused-ring (bicyclic) bond motifs is 1. The first-order chi connectivity index (χ1) is 12.0. The molecule has 0 unspecified atom stereocenters. The fraction of sp³-hybridized carbons (Fsp3) is 0. The zero-order valence-corrected chi connectivity index (χ0v) is 14.7. The predicted molar refractivity (Wildman–Crippen MR) is 97.8 cm³/mol. The van der Waals surface area contributed by atoms with Gasteiger partial charge in [-0.3, -0.25) is 4.79 Å². The summed E-state index contributed by atoms with van der Waals surface area (Å²) in [6.07, 6.45) is 1.71. The van der Waals surface area contributed by atoms with E-state index in [0.29, 0.717) is 30.9 Å². The van der Waals surface area contributed by atoms with E-state index in [4.69, 9.17) is 23.2 Å². The number of benzene rings is 2. The van der Waals surface area contributed by atoms with E-state index in [2.05, 4.69) is 10.1 Å². The summed E-state index contributed by atoms with van der Waals surface area (Å²) < 4.78 is 14.7. The second kappa shape index (κ2) is 6.22. The zero-order valence-electron chi connectivity index (χ0n) is 12.4. The van der Waals surface area contributed by atoms with E-state index in [-0.39, 0.29) is 11.4 Å². The van der Waals surface area contributed by atoms with Crippen LogP contribution in [0.3, 0.4) is 0 Å². The van der Waals surface area contributed by atoms with Gasteiger partial charge >= 0.3 is 0 Å². The van der Waals surface area contributed by atoms with Gasteiger partial charge in [-0.25, -0.2) is 4.39 Å². The minimum atomic E-state index is -0.340. The van der Waals surface area contributed by atoms with E-state index in [1.54, 1.807) is 36.4 Å². The lowest BCUT2D eigenvalue weighted by atomic mass is 10.2. The highest BCUT2D eigenvalue weighted by Crippen LogP contribution is 2.23.